The lowest BCUT2D eigenvalue weighted by Gasteiger charge is -2.12. The molecule has 4 aromatic rings. The largest absolute Gasteiger partial charge is 0.463 e. The van der Waals surface area contributed by atoms with Crippen LogP contribution in [0.4, 0.5) is 5.69 Å². The van der Waals surface area contributed by atoms with E-state index in [1.165, 1.54) is 6.26 Å². The van der Waals surface area contributed by atoms with Crippen LogP contribution in [-0.2, 0) is 11.8 Å². The lowest BCUT2D eigenvalue weighted by molar-refractivity contribution is -0.117. The maximum Gasteiger partial charge on any atom is 0.256 e. The molecule has 0 saturated heterocycles. The third-order valence-electron chi connectivity index (χ3n) is 5.06. The highest BCUT2D eigenvalue weighted by molar-refractivity contribution is 6.15. The van der Waals surface area contributed by atoms with Crippen molar-refractivity contribution in [3.8, 4) is 11.5 Å². The van der Waals surface area contributed by atoms with Crippen molar-refractivity contribution in [3.63, 3.8) is 0 Å². The van der Waals surface area contributed by atoms with Gasteiger partial charge in [0.25, 0.3) is 11.8 Å². The minimum absolute atomic E-state index is 0.0190. The Morgan fingerprint density at radius 2 is 1.88 bits per heavy atom. The van der Waals surface area contributed by atoms with Crippen LogP contribution >= 0.6 is 0 Å². The Morgan fingerprint density at radius 3 is 2.61 bits per heavy atom. The van der Waals surface area contributed by atoms with Crippen LogP contribution in [0.25, 0.3) is 22.5 Å². The summed E-state index contributed by atoms with van der Waals surface area (Å²) in [6.07, 6.45) is 1.55. The molecule has 33 heavy (non-hydrogen) atoms. The quantitative estimate of drug-likeness (QED) is 0.397. The van der Waals surface area contributed by atoms with Crippen LogP contribution in [0.3, 0.4) is 0 Å². The average molecular weight is 446 g/mol. The van der Waals surface area contributed by atoms with Crippen molar-refractivity contribution >= 4 is 34.4 Å². The molecule has 0 unspecified atom stereocenters. The highest BCUT2D eigenvalue weighted by Crippen LogP contribution is 2.28. The van der Waals surface area contributed by atoms with Gasteiger partial charge in [-0.2, -0.15) is 5.10 Å². The third-order valence-corrected chi connectivity index (χ3v) is 5.06. The molecular formula is C23H22N6O4. The van der Waals surface area contributed by atoms with Crippen molar-refractivity contribution in [2.75, 3.05) is 11.9 Å². The van der Waals surface area contributed by atoms with Crippen molar-refractivity contribution in [3.05, 3.63) is 65.5 Å². The number of nitrogens with two attached hydrogens (primary N) is 1. The maximum absolute atomic E-state index is 13.4. The van der Waals surface area contributed by atoms with E-state index in [0.717, 1.165) is 0 Å². The number of anilines is 1. The molecule has 10 heteroatoms. The second-order valence-corrected chi connectivity index (χ2v) is 7.41. The SMILES string of the molecule is Cc1nn(C)c2nc(-c3ccco3)cc(C(=O)Nc3ccccc3C(=O)NCCC(N)=O)c12. The highest BCUT2D eigenvalue weighted by Gasteiger charge is 2.21. The Kier molecular flexibility index (Phi) is 5.90. The number of aryl methyl sites for hydroxylation is 2. The van der Waals surface area contributed by atoms with Gasteiger partial charge in [-0.3, -0.25) is 19.1 Å². The summed E-state index contributed by atoms with van der Waals surface area (Å²) in [6, 6.07) is 11.7. The number of benzene rings is 1. The number of fused-ring (bicyclic) bond motifs is 1. The molecule has 168 valence electrons. The van der Waals surface area contributed by atoms with Gasteiger partial charge in [-0.15, -0.1) is 0 Å². The second-order valence-electron chi connectivity index (χ2n) is 7.41. The summed E-state index contributed by atoms with van der Waals surface area (Å²) in [4.78, 5) is 41.5. The van der Waals surface area contributed by atoms with Gasteiger partial charge in [0.2, 0.25) is 5.91 Å². The molecule has 3 aromatic heterocycles. The van der Waals surface area contributed by atoms with Gasteiger partial charge in [0.1, 0.15) is 5.69 Å². The second kappa shape index (κ2) is 8.95. The van der Waals surface area contributed by atoms with Gasteiger partial charge in [0.15, 0.2) is 11.4 Å². The molecule has 0 fully saturated rings. The first-order valence-corrected chi connectivity index (χ1v) is 10.2. The van der Waals surface area contributed by atoms with E-state index >= 15 is 0 Å². The van der Waals surface area contributed by atoms with E-state index in [9.17, 15) is 14.4 Å². The Morgan fingerprint density at radius 1 is 1.09 bits per heavy atom. The van der Waals surface area contributed by atoms with Gasteiger partial charge in [0, 0.05) is 20.0 Å². The summed E-state index contributed by atoms with van der Waals surface area (Å²) in [7, 11) is 1.75. The molecule has 0 atom stereocenters. The number of para-hydroxylation sites is 1. The number of nitrogens with one attached hydrogen (secondary N) is 2. The van der Waals surface area contributed by atoms with Crippen LogP contribution in [0.5, 0.6) is 0 Å². The van der Waals surface area contributed by atoms with Gasteiger partial charge < -0.3 is 20.8 Å². The molecular weight excluding hydrogens is 424 g/mol. The lowest BCUT2D eigenvalue weighted by Crippen LogP contribution is -2.28. The fourth-order valence-electron chi connectivity index (χ4n) is 3.55. The van der Waals surface area contributed by atoms with E-state index in [0.29, 0.717) is 39.4 Å². The van der Waals surface area contributed by atoms with Gasteiger partial charge in [-0.05, 0) is 37.3 Å². The van der Waals surface area contributed by atoms with Gasteiger partial charge >= 0.3 is 0 Å². The molecule has 3 heterocycles. The monoisotopic (exact) mass is 446 g/mol. The summed E-state index contributed by atoms with van der Waals surface area (Å²) in [5.41, 5.74) is 7.71. The number of aromatic nitrogens is 3. The van der Waals surface area contributed by atoms with Crippen LogP contribution < -0.4 is 16.4 Å². The van der Waals surface area contributed by atoms with Crippen molar-refractivity contribution < 1.29 is 18.8 Å². The molecule has 0 aliphatic rings. The van der Waals surface area contributed by atoms with Crippen LogP contribution in [-0.4, -0.2) is 39.0 Å². The van der Waals surface area contributed by atoms with Crippen molar-refractivity contribution in [1.29, 1.82) is 0 Å². The zero-order valence-corrected chi connectivity index (χ0v) is 18.1. The number of carbonyl (C=O) groups is 3. The predicted octanol–water partition coefficient (Wildman–Crippen LogP) is 2.39. The Balaban J connectivity index is 1.69. The summed E-state index contributed by atoms with van der Waals surface area (Å²) in [5.74, 6) is -0.860. The number of primary amides is 1. The number of hydrogen-bond donors (Lipinski definition) is 3. The summed E-state index contributed by atoms with van der Waals surface area (Å²) < 4.78 is 7.07. The zero-order valence-electron chi connectivity index (χ0n) is 18.1. The molecule has 1 aromatic carbocycles. The third kappa shape index (κ3) is 4.45. The van der Waals surface area contributed by atoms with Crippen LogP contribution in [0.2, 0.25) is 0 Å². The molecule has 0 saturated carbocycles. The summed E-state index contributed by atoms with van der Waals surface area (Å²) in [6.45, 7) is 1.90. The van der Waals surface area contributed by atoms with Gasteiger partial charge in [-0.1, -0.05) is 12.1 Å². The summed E-state index contributed by atoms with van der Waals surface area (Å²) >= 11 is 0. The van der Waals surface area contributed by atoms with Gasteiger partial charge in [0.05, 0.1) is 34.2 Å². The first-order chi connectivity index (χ1) is 15.8. The number of carbonyl (C=O) groups excluding carboxylic acids is 3. The van der Waals surface area contributed by atoms with E-state index in [1.54, 1.807) is 61.1 Å². The lowest BCUT2D eigenvalue weighted by atomic mass is 10.1. The minimum Gasteiger partial charge on any atom is -0.463 e. The molecule has 0 aliphatic heterocycles. The number of furan rings is 1. The number of pyridine rings is 1. The van der Waals surface area contributed by atoms with E-state index in [-0.39, 0.29) is 18.5 Å². The summed E-state index contributed by atoms with van der Waals surface area (Å²) in [5, 5.41) is 10.5. The molecule has 0 aliphatic carbocycles. The first kappa shape index (κ1) is 21.8. The van der Waals surface area contributed by atoms with Crippen LogP contribution in [0.15, 0.2) is 53.1 Å². The van der Waals surface area contributed by atoms with Gasteiger partial charge in [-0.25, -0.2) is 4.98 Å². The topological polar surface area (TPSA) is 145 Å². The number of nitrogens with zero attached hydrogens (tertiary/aromatic N) is 3. The standard InChI is InChI=1S/C23H22N6O4/c1-13-20-15(12-17(18-8-5-11-33-18)26-21(20)29(2)28-13)23(32)27-16-7-4-3-6-14(16)22(31)25-10-9-19(24)30/h3-8,11-12H,9-10H2,1-2H3,(H2,24,30)(H,25,31)(H,27,32). The molecule has 10 nitrogen and oxygen atoms in total. The van der Waals surface area contributed by atoms with E-state index < -0.39 is 17.7 Å². The van der Waals surface area contributed by atoms with Crippen molar-refractivity contribution in [2.24, 2.45) is 12.8 Å². The molecule has 0 spiro atoms. The molecule has 3 amide bonds. The maximum atomic E-state index is 13.4. The highest BCUT2D eigenvalue weighted by atomic mass is 16.3. The Hall–Kier alpha value is -4.47. The van der Waals surface area contributed by atoms with Crippen molar-refractivity contribution in [1.82, 2.24) is 20.1 Å². The smallest absolute Gasteiger partial charge is 0.256 e. The van der Waals surface area contributed by atoms with E-state index in [1.807, 2.05) is 0 Å². The normalized spacial score (nSPS) is 10.8. The van der Waals surface area contributed by atoms with E-state index in [4.69, 9.17) is 10.2 Å². The van der Waals surface area contributed by atoms with Crippen molar-refractivity contribution in [2.45, 2.75) is 13.3 Å². The fraction of sp³-hybridized carbons (Fsp3) is 0.174. The first-order valence-electron chi connectivity index (χ1n) is 10.2. The fourth-order valence-corrected chi connectivity index (χ4v) is 3.55. The van der Waals surface area contributed by atoms with Crippen LogP contribution in [0, 0.1) is 6.92 Å². The molecule has 4 N–H and O–H groups in total. The van der Waals surface area contributed by atoms with Crippen LogP contribution in [0.1, 0.15) is 32.8 Å². The zero-order chi connectivity index (χ0) is 23.5. The van der Waals surface area contributed by atoms with E-state index in [2.05, 4.69) is 20.7 Å². The minimum atomic E-state index is -0.516. The number of amides is 3. The molecule has 4 rings (SSSR count). The Labute approximate surface area is 188 Å². The predicted molar refractivity (Wildman–Crippen MR) is 121 cm³/mol. The average Bonchev–Trinajstić information content (AvgIpc) is 3.42. The molecule has 0 bridgehead atoms. The molecule has 0 radical (unpaired) electrons. The number of hydrogen-bond acceptors (Lipinski definition) is 6. The Bertz CT molecular complexity index is 1360. The number of rotatable bonds is 7.